The third kappa shape index (κ3) is 4.17. The minimum atomic E-state index is -2.89. The minimum Gasteiger partial charge on any atom is -0.311 e. The highest BCUT2D eigenvalue weighted by Gasteiger charge is 2.30. The van der Waals surface area contributed by atoms with Crippen molar-refractivity contribution in [3.63, 3.8) is 0 Å². The molecule has 1 unspecified atom stereocenters. The van der Waals surface area contributed by atoms with Crippen molar-refractivity contribution in [1.29, 1.82) is 0 Å². The lowest BCUT2D eigenvalue weighted by Gasteiger charge is -2.09. The first kappa shape index (κ1) is 16.1. The Bertz CT molecular complexity index is 756. The first-order valence-electron chi connectivity index (χ1n) is 7.71. The summed E-state index contributed by atoms with van der Waals surface area (Å²) >= 11 is 0. The number of nitrogens with zero attached hydrogens (tertiary/aromatic N) is 2. The third-order valence-electron chi connectivity index (χ3n) is 4.11. The van der Waals surface area contributed by atoms with E-state index in [9.17, 15) is 12.8 Å². The van der Waals surface area contributed by atoms with Crippen molar-refractivity contribution in [3.05, 3.63) is 53.6 Å². The van der Waals surface area contributed by atoms with E-state index >= 15 is 0 Å². The predicted molar refractivity (Wildman–Crippen MR) is 86.2 cm³/mol. The van der Waals surface area contributed by atoms with Crippen molar-refractivity contribution in [2.45, 2.75) is 31.2 Å². The van der Waals surface area contributed by atoms with Gasteiger partial charge < -0.3 is 5.32 Å². The zero-order valence-corrected chi connectivity index (χ0v) is 13.6. The van der Waals surface area contributed by atoms with E-state index in [0.717, 1.165) is 24.0 Å². The van der Waals surface area contributed by atoms with Gasteiger partial charge in [0.15, 0.2) is 9.84 Å². The molecule has 124 valence electrons. The highest BCUT2D eigenvalue weighted by atomic mass is 32.2. The van der Waals surface area contributed by atoms with Gasteiger partial charge in [0.2, 0.25) is 0 Å². The van der Waals surface area contributed by atoms with Crippen molar-refractivity contribution in [1.82, 2.24) is 15.1 Å². The van der Waals surface area contributed by atoms with Crippen molar-refractivity contribution in [2.75, 3.05) is 12.3 Å². The Kier molecular flexibility index (Phi) is 4.77. The van der Waals surface area contributed by atoms with Gasteiger partial charge in [0, 0.05) is 24.8 Å². The fraction of sp³-hybridized carbons (Fsp3) is 0.438. The standard InChI is InChI=1S/C16H20FN3O2S/c17-15-5-3-13(4-6-15)11-20-12-14(9-19-20)8-18-10-16-2-1-7-23(16,21)22/h3-6,9,12,16,18H,1-2,7-8,10-11H2. The van der Waals surface area contributed by atoms with Crippen LogP contribution in [0.4, 0.5) is 4.39 Å². The average Bonchev–Trinajstić information content (AvgIpc) is 3.08. The minimum absolute atomic E-state index is 0.249. The molecule has 5 nitrogen and oxygen atoms in total. The van der Waals surface area contributed by atoms with Gasteiger partial charge >= 0.3 is 0 Å². The number of benzene rings is 1. The molecule has 0 amide bonds. The summed E-state index contributed by atoms with van der Waals surface area (Å²) in [7, 11) is -2.89. The molecule has 3 rings (SSSR count). The lowest BCUT2D eigenvalue weighted by Crippen LogP contribution is -2.30. The van der Waals surface area contributed by atoms with Crippen LogP contribution in [0.2, 0.25) is 0 Å². The molecule has 0 radical (unpaired) electrons. The smallest absolute Gasteiger partial charge is 0.154 e. The van der Waals surface area contributed by atoms with E-state index in [4.69, 9.17) is 0 Å². The van der Waals surface area contributed by atoms with Crippen molar-refractivity contribution >= 4 is 9.84 Å². The first-order valence-corrected chi connectivity index (χ1v) is 9.42. The molecule has 0 bridgehead atoms. The van der Waals surface area contributed by atoms with Crippen LogP contribution in [-0.2, 0) is 22.9 Å². The van der Waals surface area contributed by atoms with Gasteiger partial charge in [-0.25, -0.2) is 12.8 Å². The quantitative estimate of drug-likeness (QED) is 0.872. The third-order valence-corrected chi connectivity index (χ3v) is 6.38. The second-order valence-electron chi connectivity index (χ2n) is 5.93. The molecule has 2 heterocycles. The number of halogens is 1. The van der Waals surface area contributed by atoms with E-state index in [0.29, 0.717) is 25.4 Å². The predicted octanol–water partition coefficient (Wildman–Crippen LogP) is 1.74. The van der Waals surface area contributed by atoms with Gasteiger partial charge in [-0.2, -0.15) is 5.10 Å². The summed E-state index contributed by atoms with van der Waals surface area (Å²) in [5, 5.41) is 7.23. The zero-order valence-electron chi connectivity index (χ0n) is 12.8. The SMILES string of the molecule is O=S1(=O)CCCC1CNCc1cnn(Cc2ccc(F)cc2)c1. The summed E-state index contributed by atoms with van der Waals surface area (Å²) in [6.07, 6.45) is 5.20. The van der Waals surface area contributed by atoms with Crippen LogP contribution in [0.5, 0.6) is 0 Å². The van der Waals surface area contributed by atoms with Gasteiger partial charge in [-0.1, -0.05) is 12.1 Å². The van der Waals surface area contributed by atoms with Gasteiger partial charge in [0.05, 0.1) is 23.7 Å². The Morgan fingerprint density at radius 1 is 1.26 bits per heavy atom. The van der Waals surface area contributed by atoms with Crippen LogP contribution in [0, 0.1) is 5.82 Å². The lowest BCUT2D eigenvalue weighted by molar-refractivity contribution is 0.574. The van der Waals surface area contributed by atoms with Crippen LogP contribution in [0.1, 0.15) is 24.0 Å². The molecule has 1 saturated heterocycles. The molecular formula is C16H20FN3O2S. The molecule has 7 heteroatoms. The number of hydrogen-bond acceptors (Lipinski definition) is 4. The van der Waals surface area contributed by atoms with E-state index in [1.54, 1.807) is 23.0 Å². The Morgan fingerprint density at radius 3 is 2.74 bits per heavy atom. The molecule has 0 spiro atoms. The van der Waals surface area contributed by atoms with Crippen LogP contribution < -0.4 is 5.32 Å². The van der Waals surface area contributed by atoms with Gasteiger partial charge in [0.1, 0.15) is 5.82 Å². The van der Waals surface area contributed by atoms with E-state index in [1.807, 2.05) is 6.20 Å². The molecule has 1 aliphatic rings. The van der Waals surface area contributed by atoms with Gasteiger partial charge in [0.25, 0.3) is 0 Å². The van der Waals surface area contributed by atoms with Crippen molar-refractivity contribution in [3.8, 4) is 0 Å². The molecule has 1 aliphatic heterocycles. The molecule has 0 saturated carbocycles. The van der Waals surface area contributed by atoms with Gasteiger partial charge in [-0.3, -0.25) is 4.68 Å². The second kappa shape index (κ2) is 6.80. The van der Waals surface area contributed by atoms with Gasteiger partial charge in [-0.15, -0.1) is 0 Å². The summed E-state index contributed by atoms with van der Waals surface area (Å²) in [5.74, 6) is 0.0653. The van der Waals surface area contributed by atoms with Crippen LogP contribution >= 0.6 is 0 Å². The van der Waals surface area contributed by atoms with E-state index in [2.05, 4.69) is 10.4 Å². The molecule has 1 atom stereocenters. The molecule has 1 N–H and O–H groups in total. The normalized spacial score (nSPS) is 20.0. The number of aromatic nitrogens is 2. The fourth-order valence-electron chi connectivity index (χ4n) is 2.83. The summed E-state index contributed by atoms with van der Waals surface area (Å²) in [6, 6.07) is 6.34. The monoisotopic (exact) mass is 337 g/mol. The van der Waals surface area contributed by atoms with Crippen LogP contribution in [0.3, 0.4) is 0 Å². The second-order valence-corrected chi connectivity index (χ2v) is 8.34. The van der Waals surface area contributed by atoms with Crippen LogP contribution in [-0.4, -0.2) is 35.7 Å². The highest BCUT2D eigenvalue weighted by Crippen LogP contribution is 2.19. The van der Waals surface area contributed by atoms with Gasteiger partial charge in [-0.05, 0) is 30.5 Å². The summed E-state index contributed by atoms with van der Waals surface area (Å²) in [5.41, 5.74) is 1.98. The average molecular weight is 337 g/mol. The number of nitrogens with one attached hydrogen (secondary N) is 1. The lowest BCUT2D eigenvalue weighted by atomic mass is 10.2. The molecule has 0 aliphatic carbocycles. The van der Waals surface area contributed by atoms with Crippen molar-refractivity contribution in [2.24, 2.45) is 0 Å². The Hall–Kier alpha value is -1.73. The molecule has 1 fully saturated rings. The largest absolute Gasteiger partial charge is 0.311 e. The Labute approximate surface area is 135 Å². The highest BCUT2D eigenvalue weighted by molar-refractivity contribution is 7.92. The van der Waals surface area contributed by atoms with Crippen molar-refractivity contribution < 1.29 is 12.8 Å². The topological polar surface area (TPSA) is 64.0 Å². The molecule has 1 aromatic heterocycles. The fourth-order valence-corrected chi connectivity index (χ4v) is 4.63. The maximum atomic E-state index is 12.9. The molecule has 23 heavy (non-hydrogen) atoms. The molecule has 2 aromatic rings. The molecular weight excluding hydrogens is 317 g/mol. The number of hydrogen-bond donors (Lipinski definition) is 1. The summed E-state index contributed by atoms with van der Waals surface area (Å²) in [6.45, 7) is 1.66. The molecule has 1 aromatic carbocycles. The maximum absolute atomic E-state index is 12.9. The number of sulfone groups is 1. The van der Waals surface area contributed by atoms with Crippen LogP contribution in [0.25, 0.3) is 0 Å². The summed E-state index contributed by atoms with van der Waals surface area (Å²) in [4.78, 5) is 0. The van der Waals surface area contributed by atoms with Crippen LogP contribution in [0.15, 0.2) is 36.7 Å². The number of rotatable bonds is 6. The van der Waals surface area contributed by atoms with E-state index < -0.39 is 9.84 Å². The summed E-state index contributed by atoms with van der Waals surface area (Å²) < 4.78 is 38.2. The first-order chi connectivity index (χ1) is 11.0. The Balaban J connectivity index is 1.50. The zero-order chi connectivity index (χ0) is 16.3. The van der Waals surface area contributed by atoms with E-state index in [1.165, 1.54) is 12.1 Å². The van der Waals surface area contributed by atoms with E-state index in [-0.39, 0.29) is 11.1 Å². The maximum Gasteiger partial charge on any atom is 0.154 e. The Morgan fingerprint density at radius 2 is 2.04 bits per heavy atom.